The molecule has 0 heterocycles. The zero-order chi connectivity index (χ0) is 22.6. The second kappa shape index (κ2) is 18.9. The molecule has 0 radical (unpaired) electrons. The van der Waals surface area contributed by atoms with Gasteiger partial charge in [-0.1, -0.05) is 103 Å². The Morgan fingerprint density at radius 3 is 1.45 bits per heavy atom. The highest BCUT2D eigenvalue weighted by Crippen LogP contribution is 2.14. The SMILES string of the molecule is CCCCCCCCCCCCCCCCCCOC(=O)c1ccc(C(=O)NC)cc1. The fourth-order valence-electron chi connectivity index (χ4n) is 3.80. The molecule has 0 aliphatic rings. The summed E-state index contributed by atoms with van der Waals surface area (Å²) >= 11 is 0. The summed E-state index contributed by atoms with van der Waals surface area (Å²) in [5.41, 5.74) is 1.03. The summed E-state index contributed by atoms with van der Waals surface area (Å²) in [6, 6.07) is 6.56. The standard InChI is InChI=1S/C27H45NO3/c1-3-4-5-6-7-8-9-10-11-12-13-14-15-16-17-18-23-31-27(30)25-21-19-24(20-22-25)26(29)28-2/h19-22H,3-18,23H2,1-2H3,(H,28,29). The average molecular weight is 432 g/mol. The van der Waals surface area contributed by atoms with Gasteiger partial charge in [-0.25, -0.2) is 4.79 Å². The molecule has 1 amide bonds. The number of carbonyl (C=O) groups excluding carboxylic acids is 2. The van der Waals surface area contributed by atoms with Crippen LogP contribution in [0.4, 0.5) is 0 Å². The van der Waals surface area contributed by atoms with Gasteiger partial charge in [0.05, 0.1) is 12.2 Å². The van der Waals surface area contributed by atoms with Crippen LogP contribution in [0.1, 0.15) is 130 Å². The number of amides is 1. The van der Waals surface area contributed by atoms with Gasteiger partial charge in [0.15, 0.2) is 0 Å². The summed E-state index contributed by atoms with van der Waals surface area (Å²) in [4.78, 5) is 23.5. The summed E-state index contributed by atoms with van der Waals surface area (Å²) in [6.45, 7) is 2.74. The molecule has 1 aromatic rings. The smallest absolute Gasteiger partial charge is 0.338 e. The van der Waals surface area contributed by atoms with Crippen molar-refractivity contribution in [1.82, 2.24) is 5.32 Å². The third-order valence-corrected chi connectivity index (χ3v) is 5.84. The van der Waals surface area contributed by atoms with Gasteiger partial charge in [0.2, 0.25) is 0 Å². The van der Waals surface area contributed by atoms with Gasteiger partial charge >= 0.3 is 5.97 Å². The lowest BCUT2D eigenvalue weighted by molar-refractivity contribution is 0.0497. The van der Waals surface area contributed by atoms with Gasteiger partial charge in [-0.2, -0.15) is 0 Å². The number of hydrogen-bond donors (Lipinski definition) is 1. The second-order valence-corrected chi connectivity index (χ2v) is 8.60. The second-order valence-electron chi connectivity index (χ2n) is 8.60. The first-order valence-electron chi connectivity index (χ1n) is 12.7. The Morgan fingerprint density at radius 1 is 0.645 bits per heavy atom. The van der Waals surface area contributed by atoms with Crippen molar-refractivity contribution in [3.63, 3.8) is 0 Å². The maximum absolute atomic E-state index is 12.0. The fraction of sp³-hybridized carbons (Fsp3) is 0.704. The molecule has 0 atom stereocenters. The molecule has 0 aliphatic heterocycles. The molecule has 176 valence electrons. The molecule has 0 spiro atoms. The van der Waals surface area contributed by atoms with Crippen molar-refractivity contribution in [2.45, 2.75) is 110 Å². The van der Waals surface area contributed by atoms with Crippen LogP contribution in [0.5, 0.6) is 0 Å². The van der Waals surface area contributed by atoms with Crippen LogP contribution in [0.15, 0.2) is 24.3 Å². The quantitative estimate of drug-likeness (QED) is 0.183. The van der Waals surface area contributed by atoms with Crippen LogP contribution < -0.4 is 5.32 Å². The van der Waals surface area contributed by atoms with E-state index in [0.29, 0.717) is 17.7 Å². The van der Waals surface area contributed by atoms with E-state index < -0.39 is 0 Å². The molecule has 1 N–H and O–H groups in total. The zero-order valence-electron chi connectivity index (χ0n) is 20.1. The van der Waals surface area contributed by atoms with E-state index in [9.17, 15) is 9.59 Å². The highest BCUT2D eigenvalue weighted by atomic mass is 16.5. The van der Waals surface area contributed by atoms with Gasteiger partial charge in [0, 0.05) is 12.6 Å². The normalized spacial score (nSPS) is 10.8. The Balaban J connectivity index is 1.88. The molecule has 0 aromatic heterocycles. The lowest BCUT2D eigenvalue weighted by Gasteiger charge is -2.06. The lowest BCUT2D eigenvalue weighted by atomic mass is 10.0. The predicted octanol–water partition coefficient (Wildman–Crippen LogP) is 7.46. The number of benzene rings is 1. The van der Waals surface area contributed by atoms with Crippen molar-refractivity contribution in [3.8, 4) is 0 Å². The third-order valence-electron chi connectivity index (χ3n) is 5.84. The largest absolute Gasteiger partial charge is 0.462 e. The van der Waals surface area contributed by atoms with Crippen LogP contribution in [-0.2, 0) is 4.74 Å². The highest BCUT2D eigenvalue weighted by Gasteiger charge is 2.08. The Bertz CT molecular complexity index is 583. The molecule has 0 unspecified atom stereocenters. The number of carbonyl (C=O) groups is 2. The average Bonchev–Trinajstić information content (AvgIpc) is 2.80. The number of rotatable bonds is 19. The number of ether oxygens (including phenoxy) is 1. The van der Waals surface area contributed by atoms with E-state index in [0.717, 1.165) is 12.8 Å². The summed E-state index contributed by atoms with van der Waals surface area (Å²) in [5.74, 6) is -0.475. The molecule has 1 rings (SSSR count). The Kier molecular flexibility index (Phi) is 16.6. The van der Waals surface area contributed by atoms with Gasteiger partial charge in [-0.3, -0.25) is 4.79 Å². The summed E-state index contributed by atoms with van der Waals surface area (Å²) in [6.07, 6.45) is 21.3. The molecule has 4 heteroatoms. The third kappa shape index (κ3) is 14.0. The van der Waals surface area contributed by atoms with Crippen LogP contribution in [0.25, 0.3) is 0 Å². The van der Waals surface area contributed by atoms with Crippen LogP contribution in [0, 0.1) is 0 Å². The van der Waals surface area contributed by atoms with Gasteiger partial charge in [0.25, 0.3) is 5.91 Å². The zero-order valence-corrected chi connectivity index (χ0v) is 20.1. The number of unbranched alkanes of at least 4 members (excludes halogenated alkanes) is 15. The van der Waals surface area contributed by atoms with E-state index in [1.807, 2.05) is 0 Å². The molecule has 4 nitrogen and oxygen atoms in total. The van der Waals surface area contributed by atoms with Crippen molar-refractivity contribution in [1.29, 1.82) is 0 Å². The fourth-order valence-corrected chi connectivity index (χ4v) is 3.80. The Morgan fingerprint density at radius 2 is 1.03 bits per heavy atom. The minimum absolute atomic E-state index is 0.159. The van der Waals surface area contributed by atoms with Crippen molar-refractivity contribution in [2.75, 3.05) is 13.7 Å². The summed E-state index contributed by atoms with van der Waals surface area (Å²) in [5, 5.41) is 2.56. The minimum atomic E-state index is -0.315. The molecule has 0 bridgehead atoms. The van der Waals surface area contributed by atoms with E-state index >= 15 is 0 Å². The molecular weight excluding hydrogens is 386 g/mol. The van der Waals surface area contributed by atoms with E-state index in [2.05, 4.69) is 12.2 Å². The van der Waals surface area contributed by atoms with E-state index in [1.54, 1.807) is 31.3 Å². The van der Waals surface area contributed by atoms with Gasteiger partial charge in [-0.05, 0) is 30.7 Å². The topological polar surface area (TPSA) is 55.4 Å². The first-order valence-corrected chi connectivity index (χ1v) is 12.7. The van der Waals surface area contributed by atoms with E-state index in [1.165, 1.54) is 89.9 Å². The minimum Gasteiger partial charge on any atom is -0.462 e. The maximum atomic E-state index is 12.0. The lowest BCUT2D eigenvalue weighted by Crippen LogP contribution is -2.17. The number of nitrogens with one attached hydrogen (secondary N) is 1. The van der Waals surface area contributed by atoms with Crippen LogP contribution in [0.3, 0.4) is 0 Å². The van der Waals surface area contributed by atoms with Gasteiger partial charge in [0.1, 0.15) is 0 Å². The number of hydrogen-bond acceptors (Lipinski definition) is 3. The molecule has 0 saturated heterocycles. The first kappa shape index (κ1) is 27.2. The predicted molar refractivity (Wildman–Crippen MR) is 130 cm³/mol. The molecule has 0 aliphatic carbocycles. The molecule has 0 fully saturated rings. The van der Waals surface area contributed by atoms with Crippen molar-refractivity contribution in [3.05, 3.63) is 35.4 Å². The van der Waals surface area contributed by atoms with Gasteiger partial charge in [-0.15, -0.1) is 0 Å². The van der Waals surface area contributed by atoms with Crippen molar-refractivity contribution >= 4 is 11.9 Å². The van der Waals surface area contributed by atoms with E-state index in [-0.39, 0.29) is 11.9 Å². The Hall–Kier alpha value is -1.84. The van der Waals surface area contributed by atoms with Crippen LogP contribution in [-0.4, -0.2) is 25.5 Å². The van der Waals surface area contributed by atoms with Gasteiger partial charge < -0.3 is 10.1 Å². The summed E-state index contributed by atoms with van der Waals surface area (Å²) < 4.78 is 5.33. The molecule has 31 heavy (non-hydrogen) atoms. The highest BCUT2D eigenvalue weighted by molar-refractivity contribution is 5.96. The van der Waals surface area contributed by atoms with Crippen molar-refractivity contribution < 1.29 is 14.3 Å². The van der Waals surface area contributed by atoms with Crippen LogP contribution >= 0.6 is 0 Å². The van der Waals surface area contributed by atoms with E-state index in [4.69, 9.17) is 4.74 Å². The molecular formula is C27H45NO3. The molecule has 0 saturated carbocycles. The molecule has 1 aromatic carbocycles. The Labute approximate surface area is 190 Å². The van der Waals surface area contributed by atoms with Crippen LogP contribution in [0.2, 0.25) is 0 Å². The first-order chi connectivity index (χ1) is 15.2. The summed E-state index contributed by atoms with van der Waals surface area (Å²) in [7, 11) is 1.59. The number of esters is 1. The maximum Gasteiger partial charge on any atom is 0.338 e. The monoisotopic (exact) mass is 431 g/mol. The van der Waals surface area contributed by atoms with Crippen molar-refractivity contribution in [2.24, 2.45) is 0 Å².